The van der Waals surface area contributed by atoms with Crippen molar-refractivity contribution in [1.82, 2.24) is 15.1 Å². The Hall–Kier alpha value is -2.45. The van der Waals surface area contributed by atoms with Gasteiger partial charge in [-0.25, -0.2) is 4.68 Å². The summed E-state index contributed by atoms with van der Waals surface area (Å²) in [5.41, 5.74) is -0.00579. The Labute approximate surface area is 147 Å². The van der Waals surface area contributed by atoms with E-state index in [0.29, 0.717) is 5.76 Å². The zero-order valence-corrected chi connectivity index (χ0v) is 13.9. The molecule has 26 heavy (non-hydrogen) atoms. The van der Waals surface area contributed by atoms with Gasteiger partial charge in [0.1, 0.15) is 11.6 Å². The molecule has 2 aromatic rings. The second-order valence-electron chi connectivity index (χ2n) is 6.82. The van der Waals surface area contributed by atoms with Crippen molar-refractivity contribution >= 4 is 11.7 Å². The molecule has 9 heteroatoms. The quantitative estimate of drug-likeness (QED) is 0.864. The SMILES string of the molecule is O=C(NC1CCCC1)c1cc2n(n1)[C@@H](C(F)(F)F)C[C@H](c1ccco1)N2. The molecule has 0 unspecified atom stereocenters. The van der Waals surface area contributed by atoms with Crippen molar-refractivity contribution in [1.29, 1.82) is 0 Å². The first-order valence-corrected chi connectivity index (χ1v) is 8.69. The number of carbonyl (C=O) groups is 1. The maximum atomic E-state index is 13.6. The van der Waals surface area contributed by atoms with Gasteiger partial charge >= 0.3 is 6.18 Å². The van der Waals surface area contributed by atoms with Crippen molar-refractivity contribution in [2.24, 2.45) is 0 Å². The highest BCUT2D eigenvalue weighted by molar-refractivity contribution is 5.93. The number of furan rings is 1. The van der Waals surface area contributed by atoms with Gasteiger partial charge in [-0.1, -0.05) is 12.8 Å². The molecule has 6 nitrogen and oxygen atoms in total. The third-order valence-electron chi connectivity index (χ3n) is 5.00. The second-order valence-corrected chi connectivity index (χ2v) is 6.82. The highest BCUT2D eigenvalue weighted by atomic mass is 19.4. The van der Waals surface area contributed by atoms with Crippen LogP contribution >= 0.6 is 0 Å². The van der Waals surface area contributed by atoms with Gasteiger partial charge in [0, 0.05) is 18.5 Å². The lowest BCUT2D eigenvalue weighted by Gasteiger charge is -2.32. The second kappa shape index (κ2) is 6.37. The third kappa shape index (κ3) is 3.17. The van der Waals surface area contributed by atoms with Crippen LogP contribution in [0, 0.1) is 0 Å². The molecule has 0 radical (unpaired) electrons. The zero-order valence-electron chi connectivity index (χ0n) is 13.9. The number of halogens is 3. The van der Waals surface area contributed by atoms with E-state index in [4.69, 9.17) is 4.42 Å². The summed E-state index contributed by atoms with van der Waals surface area (Å²) in [6.45, 7) is 0. The summed E-state index contributed by atoms with van der Waals surface area (Å²) in [6, 6.07) is 2.26. The summed E-state index contributed by atoms with van der Waals surface area (Å²) in [5.74, 6) is 0.149. The molecule has 3 heterocycles. The van der Waals surface area contributed by atoms with Crippen LogP contribution in [0.15, 0.2) is 28.9 Å². The molecule has 1 aliphatic heterocycles. The van der Waals surface area contributed by atoms with Crippen LogP contribution < -0.4 is 10.6 Å². The van der Waals surface area contributed by atoms with Crippen LogP contribution in [-0.2, 0) is 0 Å². The lowest BCUT2D eigenvalue weighted by molar-refractivity contribution is -0.174. The molecule has 2 aromatic heterocycles. The van der Waals surface area contributed by atoms with Crippen molar-refractivity contribution in [2.75, 3.05) is 5.32 Å². The van der Waals surface area contributed by atoms with E-state index in [0.717, 1.165) is 30.4 Å². The summed E-state index contributed by atoms with van der Waals surface area (Å²) in [7, 11) is 0. The molecule has 2 aliphatic rings. The predicted molar refractivity (Wildman–Crippen MR) is 86.7 cm³/mol. The number of carbonyl (C=O) groups excluding carboxylic acids is 1. The number of hydrogen-bond donors (Lipinski definition) is 2. The molecule has 140 valence electrons. The van der Waals surface area contributed by atoms with E-state index in [-0.39, 0.29) is 24.0 Å². The maximum Gasteiger partial charge on any atom is 0.410 e. The van der Waals surface area contributed by atoms with Crippen molar-refractivity contribution in [3.05, 3.63) is 35.9 Å². The Morgan fingerprint density at radius 1 is 1.35 bits per heavy atom. The van der Waals surface area contributed by atoms with E-state index < -0.39 is 24.2 Å². The molecule has 1 amide bonds. The molecular weight excluding hydrogens is 349 g/mol. The van der Waals surface area contributed by atoms with Crippen molar-refractivity contribution in [3.63, 3.8) is 0 Å². The lowest BCUT2D eigenvalue weighted by Crippen LogP contribution is -2.36. The van der Waals surface area contributed by atoms with Crippen LogP contribution in [0.1, 0.15) is 60.4 Å². The molecule has 0 aromatic carbocycles. The summed E-state index contributed by atoms with van der Waals surface area (Å²) in [6.07, 6.45) is 0.571. The molecule has 2 atom stereocenters. The molecule has 4 rings (SSSR count). The fraction of sp³-hybridized carbons (Fsp3) is 0.529. The Morgan fingerprint density at radius 2 is 2.12 bits per heavy atom. The number of amides is 1. The number of rotatable bonds is 3. The minimum absolute atomic E-state index is 0.00579. The Bertz CT molecular complexity index is 779. The number of hydrogen-bond acceptors (Lipinski definition) is 4. The number of nitrogens with zero attached hydrogens (tertiary/aromatic N) is 2. The largest absolute Gasteiger partial charge is 0.467 e. The molecular formula is C17H19F3N4O2. The van der Waals surface area contributed by atoms with Crippen molar-refractivity contribution in [3.8, 4) is 0 Å². The summed E-state index contributed by atoms with van der Waals surface area (Å²) in [5, 5.41) is 9.80. The smallest absolute Gasteiger partial charge is 0.410 e. The summed E-state index contributed by atoms with van der Waals surface area (Å²) >= 11 is 0. The first-order valence-electron chi connectivity index (χ1n) is 8.69. The van der Waals surface area contributed by atoms with Crippen LogP contribution in [0.5, 0.6) is 0 Å². The van der Waals surface area contributed by atoms with Gasteiger partial charge in [-0.15, -0.1) is 0 Å². The normalized spacial score (nSPS) is 23.5. The summed E-state index contributed by atoms with van der Waals surface area (Å²) in [4.78, 5) is 12.4. The topological polar surface area (TPSA) is 72.1 Å². The van der Waals surface area contributed by atoms with Gasteiger partial charge in [-0.05, 0) is 25.0 Å². The van der Waals surface area contributed by atoms with Gasteiger partial charge in [-0.2, -0.15) is 18.3 Å². The average molecular weight is 368 g/mol. The first-order chi connectivity index (χ1) is 12.4. The molecule has 2 N–H and O–H groups in total. The Balaban J connectivity index is 1.61. The van der Waals surface area contributed by atoms with Gasteiger partial charge in [0.25, 0.3) is 5.91 Å². The van der Waals surface area contributed by atoms with Gasteiger partial charge < -0.3 is 15.1 Å². The predicted octanol–water partition coefficient (Wildman–Crippen LogP) is 3.81. The lowest BCUT2D eigenvalue weighted by atomic mass is 10.0. The van der Waals surface area contributed by atoms with Crippen molar-refractivity contribution < 1.29 is 22.4 Å². The fourth-order valence-electron chi connectivity index (χ4n) is 3.69. The maximum absolute atomic E-state index is 13.6. The fourth-order valence-corrected chi connectivity index (χ4v) is 3.69. The minimum atomic E-state index is -4.48. The van der Waals surface area contributed by atoms with E-state index in [9.17, 15) is 18.0 Å². The molecule has 0 saturated heterocycles. The van der Waals surface area contributed by atoms with Gasteiger partial charge in [0.05, 0.1) is 12.3 Å². The summed E-state index contributed by atoms with van der Waals surface area (Å²) < 4.78 is 46.8. The molecule has 1 fully saturated rings. The zero-order chi connectivity index (χ0) is 18.3. The Kier molecular flexibility index (Phi) is 4.16. The van der Waals surface area contributed by atoms with Gasteiger partial charge in [-0.3, -0.25) is 4.79 Å². The molecule has 1 saturated carbocycles. The van der Waals surface area contributed by atoms with Crippen LogP contribution in [0.2, 0.25) is 0 Å². The monoisotopic (exact) mass is 368 g/mol. The van der Waals surface area contributed by atoms with E-state index >= 15 is 0 Å². The van der Waals surface area contributed by atoms with E-state index in [1.165, 1.54) is 12.3 Å². The Morgan fingerprint density at radius 3 is 2.77 bits per heavy atom. The standard InChI is InChI=1S/C17H19F3N4O2/c18-17(19,20)14-8-11(13-6-3-7-26-13)22-15-9-12(23-24(14)15)16(25)21-10-4-1-2-5-10/h3,6-7,9-11,14,22H,1-2,4-5,8H2,(H,21,25)/t11-,14-/m1/s1. The number of alkyl halides is 3. The van der Waals surface area contributed by atoms with E-state index in [2.05, 4.69) is 15.7 Å². The number of aromatic nitrogens is 2. The average Bonchev–Trinajstić information content (AvgIpc) is 3.33. The van der Waals surface area contributed by atoms with Crippen LogP contribution in [0.4, 0.5) is 19.0 Å². The minimum Gasteiger partial charge on any atom is -0.467 e. The highest BCUT2D eigenvalue weighted by Crippen LogP contribution is 2.43. The molecule has 0 spiro atoms. The number of anilines is 1. The van der Waals surface area contributed by atoms with E-state index in [1.807, 2.05) is 0 Å². The number of nitrogens with one attached hydrogen (secondary N) is 2. The number of fused-ring (bicyclic) bond motifs is 1. The highest BCUT2D eigenvalue weighted by Gasteiger charge is 2.47. The van der Waals surface area contributed by atoms with Crippen LogP contribution in [-0.4, -0.2) is 27.9 Å². The first kappa shape index (κ1) is 17.0. The van der Waals surface area contributed by atoms with Gasteiger partial charge in [0.2, 0.25) is 0 Å². The van der Waals surface area contributed by atoms with Gasteiger partial charge in [0.15, 0.2) is 11.7 Å². The molecule has 0 bridgehead atoms. The third-order valence-corrected chi connectivity index (χ3v) is 5.00. The van der Waals surface area contributed by atoms with E-state index in [1.54, 1.807) is 12.1 Å². The molecule has 1 aliphatic carbocycles. The van der Waals surface area contributed by atoms with Crippen LogP contribution in [0.25, 0.3) is 0 Å². The van der Waals surface area contributed by atoms with Crippen molar-refractivity contribution in [2.45, 2.75) is 56.4 Å². The van der Waals surface area contributed by atoms with Crippen LogP contribution in [0.3, 0.4) is 0 Å².